The van der Waals surface area contributed by atoms with Gasteiger partial charge in [-0.25, -0.2) is 0 Å². The number of carbonyl (C=O) groups is 1. The van der Waals surface area contributed by atoms with Crippen LogP contribution in [-0.2, 0) is 4.79 Å². The quantitative estimate of drug-likeness (QED) is 0.715. The predicted octanol–water partition coefficient (Wildman–Crippen LogP) is 4.07. The summed E-state index contributed by atoms with van der Waals surface area (Å²) in [5.41, 5.74) is 2.26. The minimum atomic E-state index is -0.0589. The van der Waals surface area contributed by atoms with Gasteiger partial charge in [-0.3, -0.25) is 9.69 Å². The van der Waals surface area contributed by atoms with E-state index in [0.717, 1.165) is 44.7 Å². The van der Waals surface area contributed by atoms with E-state index in [2.05, 4.69) is 52.4 Å². The third kappa shape index (κ3) is 6.39. The first-order chi connectivity index (χ1) is 13.6. The Kier molecular flexibility index (Phi) is 7.52. The smallest absolute Gasteiger partial charge is 0.244 e. The Morgan fingerprint density at radius 2 is 1.75 bits per heavy atom. The molecule has 1 atom stereocenters. The number of amides is 1. The Hall–Kier alpha value is -2.30. The third-order valence-corrected chi connectivity index (χ3v) is 5.31. The number of piperazine rings is 1. The molecule has 3 rings (SSSR count). The summed E-state index contributed by atoms with van der Waals surface area (Å²) in [6.07, 6.45) is 4.34. The summed E-state index contributed by atoms with van der Waals surface area (Å²) in [7, 11) is 0. The topological polar surface area (TPSA) is 35.6 Å². The van der Waals surface area contributed by atoms with Crippen LogP contribution >= 0.6 is 11.6 Å². The fourth-order valence-electron chi connectivity index (χ4n) is 3.35. The SMILES string of the molecule is CC(CCN1CCN(c2ccccc2)CC1)NC(=O)/C=C/c1ccc(Cl)cc1. The van der Waals surface area contributed by atoms with Crippen molar-refractivity contribution in [2.24, 2.45) is 0 Å². The molecule has 1 heterocycles. The molecular formula is C23H28ClN3O. The van der Waals surface area contributed by atoms with Crippen LogP contribution in [0.4, 0.5) is 5.69 Å². The van der Waals surface area contributed by atoms with Crippen LogP contribution in [0, 0.1) is 0 Å². The maximum Gasteiger partial charge on any atom is 0.244 e. The molecule has 5 heteroatoms. The van der Waals surface area contributed by atoms with Crippen LogP contribution in [0.5, 0.6) is 0 Å². The lowest BCUT2D eigenvalue weighted by Gasteiger charge is -2.36. The molecule has 1 unspecified atom stereocenters. The molecule has 0 radical (unpaired) electrons. The maximum atomic E-state index is 12.1. The predicted molar refractivity (Wildman–Crippen MR) is 118 cm³/mol. The zero-order chi connectivity index (χ0) is 19.8. The molecule has 1 saturated heterocycles. The molecule has 148 valence electrons. The van der Waals surface area contributed by atoms with Crippen molar-refractivity contribution in [3.63, 3.8) is 0 Å². The molecule has 1 aliphatic rings. The molecule has 0 spiro atoms. The molecular weight excluding hydrogens is 370 g/mol. The lowest BCUT2D eigenvalue weighted by Crippen LogP contribution is -2.47. The van der Waals surface area contributed by atoms with Gasteiger partial charge in [-0.2, -0.15) is 0 Å². The van der Waals surface area contributed by atoms with E-state index in [-0.39, 0.29) is 11.9 Å². The van der Waals surface area contributed by atoms with Gasteiger partial charge in [0.1, 0.15) is 0 Å². The van der Waals surface area contributed by atoms with E-state index in [0.29, 0.717) is 5.02 Å². The summed E-state index contributed by atoms with van der Waals surface area (Å²) in [4.78, 5) is 17.0. The Morgan fingerprint density at radius 1 is 1.07 bits per heavy atom. The minimum Gasteiger partial charge on any atom is -0.369 e. The first-order valence-electron chi connectivity index (χ1n) is 9.86. The highest BCUT2D eigenvalue weighted by molar-refractivity contribution is 6.30. The number of carbonyl (C=O) groups excluding carboxylic acids is 1. The van der Waals surface area contributed by atoms with Crippen molar-refractivity contribution >= 4 is 29.3 Å². The number of nitrogens with one attached hydrogen (secondary N) is 1. The van der Waals surface area contributed by atoms with Gasteiger partial charge in [-0.1, -0.05) is 41.9 Å². The molecule has 0 bridgehead atoms. The van der Waals surface area contributed by atoms with Crippen LogP contribution < -0.4 is 10.2 Å². The van der Waals surface area contributed by atoms with Crippen LogP contribution in [0.25, 0.3) is 6.08 Å². The van der Waals surface area contributed by atoms with Gasteiger partial charge in [-0.05, 0) is 49.2 Å². The molecule has 28 heavy (non-hydrogen) atoms. The van der Waals surface area contributed by atoms with Gasteiger partial charge in [0.25, 0.3) is 0 Å². The summed E-state index contributed by atoms with van der Waals surface area (Å²) < 4.78 is 0. The van der Waals surface area contributed by atoms with Crippen LogP contribution in [0.15, 0.2) is 60.7 Å². The first-order valence-corrected chi connectivity index (χ1v) is 10.2. The van der Waals surface area contributed by atoms with Crippen molar-refractivity contribution < 1.29 is 4.79 Å². The zero-order valence-corrected chi connectivity index (χ0v) is 17.1. The highest BCUT2D eigenvalue weighted by atomic mass is 35.5. The van der Waals surface area contributed by atoms with Crippen LogP contribution in [0.1, 0.15) is 18.9 Å². The van der Waals surface area contributed by atoms with Gasteiger partial charge in [0.2, 0.25) is 5.91 Å². The lowest BCUT2D eigenvalue weighted by molar-refractivity contribution is -0.117. The minimum absolute atomic E-state index is 0.0589. The van der Waals surface area contributed by atoms with Crippen molar-refractivity contribution in [1.29, 1.82) is 0 Å². The van der Waals surface area contributed by atoms with Crippen molar-refractivity contribution in [2.75, 3.05) is 37.6 Å². The largest absolute Gasteiger partial charge is 0.369 e. The van der Waals surface area contributed by atoms with Gasteiger partial charge in [-0.15, -0.1) is 0 Å². The monoisotopic (exact) mass is 397 g/mol. The van der Waals surface area contributed by atoms with Crippen LogP contribution in [0.2, 0.25) is 5.02 Å². The van der Waals surface area contributed by atoms with Crippen molar-refractivity contribution in [1.82, 2.24) is 10.2 Å². The number of halogens is 1. The second-order valence-corrected chi connectivity index (χ2v) is 7.68. The average molecular weight is 398 g/mol. The zero-order valence-electron chi connectivity index (χ0n) is 16.4. The Labute approximate surface area is 172 Å². The van der Waals surface area contributed by atoms with Gasteiger partial charge in [0.15, 0.2) is 0 Å². The van der Waals surface area contributed by atoms with E-state index in [1.54, 1.807) is 12.2 Å². The number of hydrogen-bond donors (Lipinski definition) is 1. The number of anilines is 1. The van der Waals surface area contributed by atoms with Crippen LogP contribution in [0.3, 0.4) is 0 Å². The summed E-state index contributed by atoms with van der Waals surface area (Å²) in [6, 6.07) is 18.2. The molecule has 1 fully saturated rings. The van der Waals surface area contributed by atoms with Crippen LogP contribution in [-0.4, -0.2) is 49.6 Å². The van der Waals surface area contributed by atoms with E-state index >= 15 is 0 Å². The molecule has 0 aromatic heterocycles. The molecule has 0 aliphatic carbocycles. The summed E-state index contributed by atoms with van der Waals surface area (Å²) in [5.74, 6) is -0.0589. The van der Waals surface area contributed by atoms with Gasteiger partial charge >= 0.3 is 0 Å². The second kappa shape index (κ2) is 10.3. The Morgan fingerprint density at radius 3 is 2.43 bits per heavy atom. The van der Waals surface area contributed by atoms with Gasteiger partial charge in [0.05, 0.1) is 0 Å². The summed E-state index contributed by atoms with van der Waals surface area (Å²) in [5, 5.41) is 3.74. The molecule has 2 aromatic carbocycles. The van der Waals surface area contributed by atoms with Crippen molar-refractivity contribution in [2.45, 2.75) is 19.4 Å². The maximum absolute atomic E-state index is 12.1. The first kappa shape index (κ1) is 20.4. The normalized spacial score (nSPS) is 16.3. The highest BCUT2D eigenvalue weighted by Crippen LogP contribution is 2.15. The van der Waals surface area contributed by atoms with E-state index < -0.39 is 0 Å². The molecule has 4 nitrogen and oxygen atoms in total. The molecule has 0 saturated carbocycles. The Balaban J connectivity index is 1.36. The number of para-hydroxylation sites is 1. The van der Waals surface area contributed by atoms with E-state index in [1.165, 1.54) is 5.69 Å². The fourth-order valence-corrected chi connectivity index (χ4v) is 3.48. The molecule has 1 N–H and O–H groups in total. The van der Waals surface area contributed by atoms with Gasteiger partial charge in [0, 0.05) is 55.6 Å². The fraction of sp³-hybridized carbons (Fsp3) is 0.348. The van der Waals surface area contributed by atoms with Gasteiger partial charge < -0.3 is 10.2 Å². The number of hydrogen-bond acceptors (Lipinski definition) is 3. The number of nitrogens with zero attached hydrogens (tertiary/aromatic N) is 2. The molecule has 1 aliphatic heterocycles. The molecule has 1 amide bonds. The standard InChI is InChI=1S/C23H28ClN3O/c1-19(25-23(28)12-9-20-7-10-21(24)11-8-20)13-14-26-15-17-27(18-16-26)22-5-3-2-4-6-22/h2-12,19H,13-18H2,1H3,(H,25,28)/b12-9+. The number of benzene rings is 2. The van der Waals surface area contributed by atoms with E-state index in [9.17, 15) is 4.79 Å². The van der Waals surface area contributed by atoms with Crippen molar-refractivity contribution in [3.05, 3.63) is 71.3 Å². The third-order valence-electron chi connectivity index (χ3n) is 5.06. The van der Waals surface area contributed by atoms with E-state index in [4.69, 9.17) is 11.6 Å². The second-order valence-electron chi connectivity index (χ2n) is 7.25. The summed E-state index contributed by atoms with van der Waals surface area (Å²) in [6.45, 7) is 7.29. The highest BCUT2D eigenvalue weighted by Gasteiger charge is 2.17. The molecule has 2 aromatic rings. The number of rotatable bonds is 7. The lowest BCUT2D eigenvalue weighted by atomic mass is 10.2. The average Bonchev–Trinajstić information content (AvgIpc) is 2.73. The summed E-state index contributed by atoms with van der Waals surface area (Å²) >= 11 is 5.87. The Bertz CT molecular complexity index is 768. The van der Waals surface area contributed by atoms with E-state index in [1.807, 2.05) is 24.3 Å². The van der Waals surface area contributed by atoms with Crippen molar-refractivity contribution in [3.8, 4) is 0 Å².